The summed E-state index contributed by atoms with van der Waals surface area (Å²) in [5, 5.41) is 9.68. The van der Waals surface area contributed by atoms with E-state index in [1.165, 1.54) is 0 Å². The molecule has 0 aliphatic heterocycles. The summed E-state index contributed by atoms with van der Waals surface area (Å²) in [6, 6.07) is 2.69. The van der Waals surface area contributed by atoms with Gasteiger partial charge in [0.1, 0.15) is 5.75 Å². The van der Waals surface area contributed by atoms with Crippen LogP contribution in [-0.4, -0.2) is 22.7 Å². The molecular formula is C12H9F2NO3. The average molecular weight is 253 g/mol. The molecule has 6 heteroatoms. The Kier molecular flexibility index (Phi) is 3.10. The van der Waals surface area contributed by atoms with Gasteiger partial charge >= 0.3 is 5.97 Å². The van der Waals surface area contributed by atoms with E-state index in [9.17, 15) is 18.7 Å². The lowest BCUT2D eigenvalue weighted by Crippen LogP contribution is -2.07. The molecule has 1 heterocycles. The number of hydrogen-bond acceptors (Lipinski definition) is 4. The number of rotatable bonds is 2. The van der Waals surface area contributed by atoms with Gasteiger partial charge in [0.15, 0.2) is 17.3 Å². The van der Waals surface area contributed by atoms with Crippen LogP contribution in [0.4, 0.5) is 8.78 Å². The summed E-state index contributed by atoms with van der Waals surface area (Å²) in [4.78, 5) is 15.2. The summed E-state index contributed by atoms with van der Waals surface area (Å²) in [5.41, 5.74) is -0.176. The highest BCUT2D eigenvalue weighted by atomic mass is 19.2. The Bertz CT molecular complexity index is 628. The minimum Gasteiger partial charge on any atom is -0.507 e. The zero-order chi connectivity index (χ0) is 13.3. The fourth-order valence-corrected chi connectivity index (χ4v) is 1.51. The lowest BCUT2D eigenvalue weighted by Gasteiger charge is -2.05. The second kappa shape index (κ2) is 4.56. The van der Waals surface area contributed by atoms with Gasteiger partial charge in [-0.3, -0.25) is 0 Å². The lowest BCUT2D eigenvalue weighted by molar-refractivity contribution is 0.0519. The van der Waals surface area contributed by atoms with Crippen LogP contribution in [0.3, 0.4) is 0 Å². The van der Waals surface area contributed by atoms with Gasteiger partial charge in [0.2, 0.25) is 0 Å². The first-order chi connectivity index (χ1) is 8.52. The number of fused-ring (bicyclic) bond motifs is 1. The number of carbonyl (C=O) groups is 1. The molecule has 0 aliphatic carbocycles. The number of carbonyl (C=O) groups excluding carboxylic acids is 1. The van der Waals surface area contributed by atoms with Crippen molar-refractivity contribution in [2.24, 2.45) is 0 Å². The number of hydrogen-bond donors (Lipinski definition) is 1. The molecule has 1 aromatic carbocycles. The van der Waals surface area contributed by atoms with Crippen LogP contribution in [0.2, 0.25) is 0 Å². The van der Waals surface area contributed by atoms with E-state index in [0.717, 1.165) is 18.2 Å². The van der Waals surface area contributed by atoms with Crippen molar-refractivity contribution in [3.63, 3.8) is 0 Å². The molecule has 0 fully saturated rings. The molecule has 18 heavy (non-hydrogen) atoms. The van der Waals surface area contributed by atoms with Crippen molar-refractivity contribution in [2.75, 3.05) is 6.61 Å². The third kappa shape index (κ3) is 2.09. The van der Waals surface area contributed by atoms with Crippen LogP contribution < -0.4 is 0 Å². The molecule has 1 N–H and O–H groups in total. The van der Waals surface area contributed by atoms with E-state index in [0.29, 0.717) is 0 Å². The van der Waals surface area contributed by atoms with Gasteiger partial charge in [-0.05, 0) is 13.0 Å². The monoisotopic (exact) mass is 253 g/mol. The molecular weight excluding hydrogens is 244 g/mol. The van der Waals surface area contributed by atoms with Gasteiger partial charge in [-0.15, -0.1) is 0 Å². The number of nitrogens with zero attached hydrogens (tertiary/aromatic N) is 1. The van der Waals surface area contributed by atoms with Crippen molar-refractivity contribution in [1.82, 2.24) is 4.98 Å². The van der Waals surface area contributed by atoms with Crippen LogP contribution in [0.15, 0.2) is 18.2 Å². The molecule has 0 spiro atoms. The molecule has 0 saturated carbocycles. The van der Waals surface area contributed by atoms with Crippen molar-refractivity contribution in [2.45, 2.75) is 6.92 Å². The van der Waals surface area contributed by atoms with Gasteiger partial charge in [-0.1, -0.05) is 0 Å². The highest BCUT2D eigenvalue weighted by molar-refractivity contribution is 5.93. The predicted molar refractivity (Wildman–Crippen MR) is 59.3 cm³/mol. The summed E-state index contributed by atoms with van der Waals surface area (Å²) < 4.78 is 30.8. The molecule has 94 valence electrons. The van der Waals surface area contributed by atoms with Gasteiger partial charge in [0, 0.05) is 17.5 Å². The van der Waals surface area contributed by atoms with Crippen molar-refractivity contribution >= 4 is 16.9 Å². The SMILES string of the molecule is CCOC(=O)c1cc(O)c2cc(F)c(F)cc2n1. The van der Waals surface area contributed by atoms with E-state index in [2.05, 4.69) is 4.98 Å². The van der Waals surface area contributed by atoms with Gasteiger partial charge < -0.3 is 9.84 Å². The van der Waals surface area contributed by atoms with E-state index in [1.54, 1.807) is 6.92 Å². The maximum absolute atomic E-state index is 13.0. The number of halogens is 2. The van der Waals surface area contributed by atoms with Gasteiger partial charge in [0.25, 0.3) is 0 Å². The van der Waals surface area contributed by atoms with Gasteiger partial charge in [0.05, 0.1) is 12.1 Å². The van der Waals surface area contributed by atoms with Gasteiger partial charge in [-0.25, -0.2) is 18.6 Å². The van der Waals surface area contributed by atoms with Crippen LogP contribution in [0.1, 0.15) is 17.4 Å². The first-order valence-corrected chi connectivity index (χ1v) is 5.18. The van der Waals surface area contributed by atoms with E-state index in [4.69, 9.17) is 4.74 Å². The molecule has 0 atom stereocenters. The topological polar surface area (TPSA) is 59.4 Å². The van der Waals surface area contributed by atoms with Crippen molar-refractivity contribution in [3.8, 4) is 5.75 Å². The Morgan fingerprint density at radius 3 is 2.67 bits per heavy atom. The molecule has 1 aromatic heterocycles. The second-order valence-corrected chi connectivity index (χ2v) is 3.53. The standard InChI is InChI=1S/C12H9F2NO3/c1-2-18-12(17)10-5-11(16)6-3-7(13)8(14)4-9(6)15-10/h3-5H,2H2,1H3,(H,15,16). The lowest BCUT2D eigenvalue weighted by atomic mass is 10.1. The van der Waals surface area contributed by atoms with Crippen molar-refractivity contribution < 1.29 is 23.4 Å². The Morgan fingerprint density at radius 2 is 2.00 bits per heavy atom. The summed E-state index contributed by atoms with van der Waals surface area (Å²) in [5.74, 6) is -3.29. The molecule has 2 aromatic rings. The first kappa shape index (κ1) is 12.2. The predicted octanol–water partition coefficient (Wildman–Crippen LogP) is 2.40. The molecule has 0 aliphatic rings. The quantitative estimate of drug-likeness (QED) is 0.835. The van der Waals surface area contributed by atoms with Gasteiger partial charge in [-0.2, -0.15) is 0 Å². The molecule has 0 amide bonds. The number of esters is 1. The van der Waals surface area contributed by atoms with Crippen molar-refractivity contribution in [1.29, 1.82) is 0 Å². The summed E-state index contributed by atoms with van der Waals surface area (Å²) in [6.07, 6.45) is 0. The fraction of sp³-hybridized carbons (Fsp3) is 0.167. The number of ether oxygens (including phenoxy) is 1. The Hall–Kier alpha value is -2.24. The Labute approximate surface area is 101 Å². The number of pyridine rings is 1. The maximum atomic E-state index is 13.0. The fourth-order valence-electron chi connectivity index (χ4n) is 1.51. The Balaban J connectivity index is 2.61. The van der Waals surface area contributed by atoms with Crippen molar-refractivity contribution in [3.05, 3.63) is 35.5 Å². The minimum absolute atomic E-state index is 0.0167. The molecule has 0 saturated heterocycles. The number of aromatic nitrogens is 1. The van der Waals surface area contributed by atoms with Crippen LogP contribution in [-0.2, 0) is 4.74 Å². The first-order valence-electron chi connectivity index (χ1n) is 5.18. The largest absolute Gasteiger partial charge is 0.507 e. The second-order valence-electron chi connectivity index (χ2n) is 3.53. The maximum Gasteiger partial charge on any atom is 0.357 e. The summed E-state index contributed by atoms with van der Waals surface area (Å²) >= 11 is 0. The van der Waals surface area contributed by atoms with E-state index in [1.807, 2.05) is 0 Å². The molecule has 0 radical (unpaired) electrons. The number of benzene rings is 1. The smallest absolute Gasteiger partial charge is 0.357 e. The summed E-state index contributed by atoms with van der Waals surface area (Å²) in [6.45, 7) is 1.77. The molecule has 0 bridgehead atoms. The zero-order valence-corrected chi connectivity index (χ0v) is 9.41. The molecule has 4 nitrogen and oxygen atoms in total. The Morgan fingerprint density at radius 1 is 1.33 bits per heavy atom. The van der Waals surface area contributed by atoms with Crippen LogP contribution in [0.5, 0.6) is 5.75 Å². The van der Waals surface area contributed by atoms with E-state index >= 15 is 0 Å². The van der Waals surface area contributed by atoms with E-state index in [-0.39, 0.29) is 29.0 Å². The number of aromatic hydroxyl groups is 1. The molecule has 0 unspecified atom stereocenters. The average Bonchev–Trinajstić information content (AvgIpc) is 2.32. The van der Waals surface area contributed by atoms with Crippen LogP contribution in [0.25, 0.3) is 10.9 Å². The normalized spacial score (nSPS) is 10.6. The van der Waals surface area contributed by atoms with E-state index < -0.39 is 17.6 Å². The molecule has 2 rings (SSSR count). The summed E-state index contributed by atoms with van der Waals surface area (Å²) in [7, 11) is 0. The highest BCUT2D eigenvalue weighted by Crippen LogP contribution is 2.26. The van der Waals surface area contributed by atoms with Crippen LogP contribution >= 0.6 is 0 Å². The zero-order valence-electron chi connectivity index (χ0n) is 9.41. The third-order valence-corrected chi connectivity index (χ3v) is 2.31. The minimum atomic E-state index is -1.10. The van der Waals surface area contributed by atoms with Crippen LogP contribution in [0, 0.1) is 11.6 Å². The third-order valence-electron chi connectivity index (χ3n) is 2.31. The highest BCUT2D eigenvalue weighted by Gasteiger charge is 2.14.